The number of rotatable bonds is 5. The number of benzene rings is 1. The van der Waals surface area contributed by atoms with Crippen LogP contribution < -0.4 is 21.3 Å². The van der Waals surface area contributed by atoms with E-state index in [4.69, 9.17) is 10.7 Å². The molecule has 6 nitrogen and oxygen atoms in total. The van der Waals surface area contributed by atoms with Gasteiger partial charge in [0.2, 0.25) is 0 Å². The van der Waals surface area contributed by atoms with Gasteiger partial charge in [-0.05, 0) is 57.7 Å². The first kappa shape index (κ1) is 23.0. The molecule has 4 N–H and O–H groups in total. The van der Waals surface area contributed by atoms with Crippen LogP contribution in [-0.2, 0) is 0 Å². The summed E-state index contributed by atoms with van der Waals surface area (Å²) >= 11 is 0. The van der Waals surface area contributed by atoms with Crippen LogP contribution in [0, 0.1) is 6.92 Å². The summed E-state index contributed by atoms with van der Waals surface area (Å²) in [6, 6.07) is 9.40. The largest absolute Gasteiger partial charge is 0.356 e. The molecule has 6 heteroatoms. The van der Waals surface area contributed by atoms with E-state index in [1.807, 2.05) is 12.1 Å². The van der Waals surface area contributed by atoms with E-state index in [0.717, 1.165) is 48.2 Å². The van der Waals surface area contributed by atoms with Crippen LogP contribution in [0.4, 0.5) is 5.82 Å². The highest BCUT2D eigenvalue weighted by atomic mass is 16.1. The zero-order valence-electron chi connectivity index (χ0n) is 19.7. The van der Waals surface area contributed by atoms with E-state index in [0.29, 0.717) is 17.6 Å². The number of carbonyl (C=O) groups is 1. The third-order valence-corrected chi connectivity index (χ3v) is 6.92. The number of hydrogen-bond acceptors (Lipinski definition) is 5. The molecule has 2 heterocycles. The fourth-order valence-corrected chi connectivity index (χ4v) is 5.19. The van der Waals surface area contributed by atoms with Crippen LogP contribution in [0.25, 0.3) is 10.9 Å². The molecule has 4 rings (SSSR count). The van der Waals surface area contributed by atoms with Crippen molar-refractivity contribution in [3.63, 3.8) is 0 Å². The fraction of sp³-hybridized carbons (Fsp3) is 0.615. The van der Waals surface area contributed by atoms with E-state index in [2.05, 4.69) is 34.6 Å². The number of pyridine rings is 1. The van der Waals surface area contributed by atoms with Crippen molar-refractivity contribution in [1.82, 2.24) is 15.6 Å². The Hall–Kier alpha value is -2.18. The standard InChI is InChI=1S/C26H39N5O/c1-18-10-11-24-20(16-18)17-23(26(32)28-19(2)27)25(30-24)31-14-12-22(13-15-31)29-21-8-6-4-3-5-7-9-21/h10-11,16-17,19,21-22,29H,3-9,12-15,27H2,1-2H3,(H,28,32). The third-order valence-electron chi connectivity index (χ3n) is 6.92. The normalized spacial score (nSPS) is 20.0. The zero-order chi connectivity index (χ0) is 22.5. The average molecular weight is 438 g/mol. The van der Waals surface area contributed by atoms with E-state index in [1.165, 1.54) is 44.9 Å². The number of hydrogen-bond donors (Lipinski definition) is 3. The summed E-state index contributed by atoms with van der Waals surface area (Å²) in [6.07, 6.45) is 11.3. The molecule has 1 aromatic heterocycles. The summed E-state index contributed by atoms with van der Waals surface area (Å²) in [5.74, 6) is 0.629. The highest BCUT2D eigenvalue weighted by Crippen LogP contribution is 2.28. The molecule has 1 amide bonds. The number of nitrogens with two attached hydrogens (primary N) is 1. The number of carbonyl (C=O) groups excluding carboxylic acids is 1. The minimum absolute atomic E-state index is 0.152. The lowest BCUT2D eigenvalue weighted by molar-refractivity contribution is 0.0941. The number of piperidine rings is 1. The highest BCUT2D eigenvalue weighted by molar-refractivity contribution is 6.02. The molecule has 2 fully saturated rings. The van der Waals surface area contributed by atoms with Crippen molar-refractivity contribution in [1.29, 1.82) is 0 Å². The van der Waals surface area contributed by atoms with Crippen molar-refractivity contribution in [2.45, 2.75) is 89.9 Å². The Kier molecular flexibility index (Phi) is 7.63. The van der Waals surface area contributed by atoms with Gasteiger partial charge in [-0.15, -0.1) is 0 Å². The van der Waals surface area contributed by atoms with E-state index in [-0.39, 0.29) is 5.91 Å². The molecule has 1 atom stereocenters. The Balaban J connectivity index is 1.49. The van der Waals surface area contributed by atoms with Crippen LogP contribution in [0.5, 0.6) is 0 Å². The van der Waals surface area contributed by atoms with Crippen molar-refractivity contribution in [2.75, 3.05) is 18.0 Å². The van der Waals surface area contributed by atoms with Gasteiger partial charge in [0.25, 0.3) is 5.91 Å². The maximum absolute atomic E-state index is 13.0. The van der Waals surface area contributed by atoms with Gasteiger partial charge in [0.1, 0.15) is 5.82 Å². The molecule has 1 saturated carbocycles. The summed E-state index contributed by atoms with van der Waals surface area (Å²) < 4.78 is 0. The number of anilines is 1. The first-order valence-corrected chi connectivity index (χ1v) is 12.5. The van der Waals surface area contributed by atoms with Gasteiger partial charge in [-0.2, -0.15) is 0 Å². The summed E-state index contributed by atoms with van der Waals surface area (Å²) in [5, 5.41) is 7.80. The molecule has 1 aliphatic carbocycles. The van der Waals surface area contributed by atoms with Crippen LogP contribution in [0.15, 0.2) is 24.3 Å². The Bertz CT molecular complexity index is 912. The molecule has 32 heavy (non-hydrogen) atoms. The van der Waals surface area contributed by atoms with Crippen LogP contribution in [0.3, 0.4) is 0 Å². The maximum atomic E-state index is 13.0. The highest BCUT2D eigenvalue weighted by Gasteiger charge is 2.26. The molecule has 0 radical (unpaired) electrons. The van der Waals surface area contributed by atoms with E-state index in [1.54, 1.807) is 6.92 Å². The first-order valence-electron chi connectivity index (χ1n) is 12.5. The molecular formula is C26H39N5O. The lowest BCUT2D eigenvalue weighted by Gasteiger charge is -2.36. The van der Waals surface area contributed by atoms with Gasteiger partial charge in [-0.25, -0.2) is 4.98 Å². The fourth-order valence-electron chi connectivity index (χ4n) is 5.19. The Labute approximate surface area is 192 Å². The second-order valence-corrected chi connectivity index (χ2v) is 9.79. The Morgan fingerprint density at radius 3 is 2.38 bits per heavy atom. The number of amides is 1. The number of fused-ring (bicyclic) bond motifs is 1. The molecule has 2 aromatic rings. The summed E-state index contributed by atoms with van der Waals surface area (Å²) in [5.41, 5.74) is 8.55. The summed E-state index contributed by atoms with van der Waals surface area (Å²) in [4.78, 5) is 20.2. The molecule has 174 valence electrons. The van der Waals surface area contributed by atoms with Gasteiger partial charge in [-0.1, -0.05) is 43.7 Å². The predicted molar refractivity (Wildman–Crippen MR) is 132 cm³/mol. The second kappa shape index (κ2) is 10.6. The van der Waals surface area contributed by atoms with Gasteiger partial charge < -0.3 is 21.3 Å². The minimum atomic E-state index is -0.401. The Morgan fingerprint density at radius 1 is 1.03 bits per heavy atom. The number of aryl methyl sites for hydroxylation is 1. The maximum Gasteiger partial charge on any atom is 0.256 e. The quantitative estimate of drug-likeness (QED) is 0.609. The van der Waals surface area contributed by atoms with E-state index >= 15 is 0 Å². The minimum Gasteiger partial charge on any atom is -0.356 e. The van der Waals surface area contributed by atoms with Crippen molar-refractivity contribution < 1.29 is 4.79 Å². The average Bonchev–Trinajstić information content (AvgIpc) is 2.74. The van der Waals surface area contributed by atoms with Gasteiger partial charge in [-0.3, -0.25) is 4.79 Å². The number of nitrogens with zero attached hydrogens (tertiary/aromatic N) is 2. The van der Waals surface area contributed by atoms with Gasteiger partial charge in [0.05, 0.1) is 17.2 Å². The molecule has 0 bridgehead atoms. The van der Waals surface area contributed by atoms with Crippen LogP contribution in [0.2, 0.25) is 0 Å². The number of aromatic nitrogens is 1. The van der Waals surface area contributed by atoms with Crippen LogP contribution >= 0.6 is 0 Å². The van der Waals surface area contributed by atoms with E-state index in [9.17, 15) is 4.79 Å². The van der Waals surface area contributed by atoms with Gasteiger partial charge >= 0.3 is 0 Å². The second-order valence-electron chi connectivity index (χ2n) is 9.79. The molecular weight excluding hydrogens is 398 g/mol. The van der Waals surface area contributed by atoms with Crippen LogP contribution in [-0.4, -0.2) is 42.2 Å². The molecule has 1 aliphatic heterocycles. The van der Waals surface area contributed by atoms with Gasteiger partial charge in [0.15, 0.2) is 0 Å². The van der Waals surface area contributed by atoms with Gasteiger partial charge in [0, 0.05) is 30.6 Å². The molecule has 1 saturated heterocycles. The van der Waals surface area contributed by atoms with Crippen molar-refractivity contribution in [2.24, 2.45) is 5.73 Å². The van der Waals surface area contributed by atoms with E-state index < -0.39 is 6.17 Å². The smallest absolute Gasteiger partial charge is 0.256 e. The first-order chi connectivity index (χ1) is 15.5. The van der Waals surface area contributed by atoms with Crippen LogP contribution in [0.1, 0.15) is 80.6 Å². The molecule has 1 unspecified atom stereocenters. The molecule has 2 aliphatic rings. The molecule has 1 aromatic carbocycles. The van der Waals surface area contributed by atoms with Crippen molar-refractivity contribution >= 4 is 22.6 Å². The third kappa shape index (κ3) is 5.78. The lowest BCUT2D eigenvalue weighted by atomic mass is 9.94. The monoisotopic (exact) mass is 437 g/mol. The SMILES string of the molecule is Cc1ccc2nc(N3CCC(NC4CCCCCCC4)CC3)c(C(=O)NC(C)N)cc2c1. The zero-order valence-corrected chi connectivity index (χ0v) is 19.7. The molecule has 0 spiro atoms. The Morgan fingerprint density at radius 2 is 1.69 bits per heavy atom. The van der Waals surface area contributed by atoms with Crippen molar-refractivity contribution in [3.05, 3.63) is 35.4 Å². The summed E-state index contributed by atoms with van der Waals surface area (Å²) in [7, 11) is 0. The van der Waals surface area contributed by atoms with Crippen molar-refractivity contribution in [3.8, 4) is 0 Å². The number of nitrogens with one attached hydrogen (secondary N) is 2. The predicted octanol–water partition coefficient (Wildman–Crippen LogP) is 4.25. The topological polar surface area (TPSA) is 83.3 Å². The summed E-state index contributed by atoms with van der Waals surface area (Å²) in [6.45, 7) is 5.66. The lowest BCUT2D eigenvalue weighted by Crippen LogP contribution is -2.47.